The third-order valence-electron chi connectivity index (χ3n) is 3.93. The first-order valence-electron chi connectivity index (χ1n) is 7.11. The minimum Gasteiger partial charge on any atom is -0.384 e. The number of hydrogen-bond donors (Lipinski definition) is 1. The van der Waals surface area contributed by atoms with Gasteiger partial charge in [-0.2, -0.15) is 0 Å². The first kappa shape index (κ1) is 13.1. The van der Waals surface area contributed by atoms with Crippen LogP contribution in [0.3, 0.4) is 0 Å². The lowest BCUT2D eigenvalue weighted by Crippen LogP contribution is -2.16. The number of benzene rings is 1. The zero-order valence-electron chi connectivity index (χ0n) is 11.3. The third-order valence-corrected chi connectivity index (χ3v) is 3.93. The molecular weight excluding hydrogens is 220 g/mol. The molecule has 2 rings (SSSR count). The van der Waals surface area contributed by atoms with Gasteiger partial charge in [0, 0.05) is 12.1 Å². The zero-order chi connectivity index (χ0) is 12.8. The second kappa shape index (κ2) is 6.58. The van der Waals surface area contributed by atoms with Crippen LogP contribution in [-0.4, -0.2) is 12.4 Å². The fraction of sp³-hybridized carbons (Fsp3) is 0.562. The van der Waals surface area contributed by atoms with Gasteiger partial charge in [0.1, 0.15) is 5.84 Å². The van der Waals surface area contributed by atoms with E-state index in [0.717, 1.165) is 23.9 Å². The van der Waals surface area contributed by atoms with Gasteiger partial charge < -0.3 is 5.73 Å². The standard InChI is InChI=1S/C16H24N2/c1-13-6-5-7-14(12-13)10-11-18-16(17)15-8-3-2-4-9-15/h2-4,8-9,13-14H,5-7,10-12H2,1H3,(H2,17,18). The Morgan fingerprint density at radius 1 is 1.28 bits per heavy atom. The highest BCUT2D eigenvalue weighted by Gasteiger charge is 2.18. The summed E-state index contributed by atoms with van der Waals surface area (Å²) in [7, 11) is 0. The van der Waals surface area contributed by atoms with Crippen molar-refractivity contribution in [3.8, 4) is 0 Å². The molecule has 18 heavy (non-hydrogen) atoms. The lowest BCUT2D eigenvalue weighted by molar-refractivity contribution is 0.273. The number of amidine groups is 1. The second-order valence-electron chi connectivity index (χ2n) is 5.56. The summed E-state index contributed by atoms with van der Waals surface area (Å²) in [6.07, 6.45) is 6.75. The molecule has 2 nitrogen and oxygen atoms in total. The SMILES string of the molecule is CC1CCCC(CCN=C(N)c2ccccc2)C1. The molecule has 1 fully saturated rings. The molecule has 98 valence electrons. The van der Waals surface area contributed by atoms with Gasteiger partial charge in [-0.3, -0.25) is 4.99 Å². The predicted molar refractivity (Wildman–Crippen MR) is 77.8 cm³/mol. The van der Waals surface area contributed by atoms with Gasteiger partial charge in [0.2, 0.25) is 0 Å². The number of nitrogens with two attached hydrogens (primary N) is 1. The molecule has 1 aromatic rings. The smallest absolute Gasteiger partial charge is 0.125 e. The summed E-state index contributed by atoms with van der Waals surface area (Å²) in [6, 6.07) is 10.0. The topological polar surface area (TPSA) is 38.4 Å². The molecule has 0 radical (unpaired) electrons. The van der Waals surface area contributed by atoms with Gasteiger partial charge in [0.15, 0.2) is 0 Å². The van der Waals surface area contributed by atoms with E-state index in [1.807, 2.05) is 30.3 Å². The maximum absolute atomic E-state index is 5.99. The lowest BCUT2D eigenvalue weighted by Gasteiger charge is -2.26. The van der Waals surface area contributed by atoms with Crippen molar-refractivity contribution < 1.29 is 0 Å². The van der Waals surface area contributed by atoms with Crippen molar-refractivity contribution in [1.29, 1.82) is 0 Å². The van der Waals surface area contributed by atoms with Crippen LogP contribution >= 0.6 is 0 Å². The summed E-state index contributed by atoms with van der Waals surface area (Å²) < 4.78 is 0. The average molecular weight is 244 g/mol. The molecule has 2 heteroatoms. The van der Waals surface area contributed by atoms with Crippen LogP contribution in [0.4, 0.5) is 0 Å². The molecule has 0 amide bonds. The van der Waals surface area contributed by atoms with Gasteiger partial charge in [-0.1, -0.05) is 56.5 Å². The monoisotopic (exact) mass is 244 g/mol. The molecule has 1 aromatic carbocycles. The Morgan fingerprint density at radius 3 is 2.78 bits per heavy atom. The molecule has 1 aliphatic rings. The molecule has 1 aliphatic carbocycles. The van der Waals surface area contributed by atoms with Crippen LogP contribution in [0.2, 0.25) is 0 Å². The summed E-state index contributed by atoms with van der Waals surface area (Å²) >= 11 is 0. The van der Waals surface area contributed by atoms with E-state index in [2.05, 4.69) is 11.9 Å². The Labute approximate surface area is 110 Å². The van der Waals surface area contributed by atoms with Crippen LogP contribution in [0.5, 0.6) is 0 Å². The fourth-order valence-electron chi connectivity index (χ4n) is 2.89. The number of nitrogens with zero attached hydrogens (tertiary/aromatic N) is 1. The van der Waals surface area contributed by atoms with E-state index in [4.69, 9.17) is 5.73 Å². The molecule has 0 aromatic heterocycles. The highest BCUT2D eigenvalue weighted by molar-refractivity contribution is 5.97. The van der Waals surface area contributed by atoms with Gasteiger partial charge in [-0.05, 0) is 24.7 Å². The van der Waals surface area contributed by atoms with Gasteiger partial charge >= 0.3 is 0 Å². The summed E-state index contributed by atoms with van der Waals surface area (Å²) in [6.45, 7) is 3.24. The van der Waals surface area contributed by atoms with Crippen LogP contribution in [0.25, 0.3) is 0 Å². The largest absolute Gasteiger partial charge is 0.384 e. The van der Waals surface area contributed by atoms with Crippen molar-refractivity contribution in [3.05, 3.63) is 35.9 Å². The molecule has 2 N–H and O–H groups in total. The van der Waals surface area contributed by atoms with Crippen LogP contribution in [0, 0.1) is 11.8 Å². The number of aliphatic imine (C=N–C) groups is 1. The second-order valence-corrected chi connectivity index (χ2v) is 5.56. The Bertz CT molecular complexity index is 383. The molecule has 0 spiro atoms. The summed E-state index contributed by atoms with van der Waals surface area (Å²) in [5.41, 5.74) is 7.02. The first-order chi connectivity index (χ1) is 8.75. The zero-order valence-corrected chi connectivity index (χ0v) is 11.3. The maximum Gasteiger partial charge on any atom is 0.125 e. The fourth-order valence-corrected chi connectivity index (χ4v) is 2.89. The van der Waals surface area contributed by atoms with E-state index in [-0.39, 0.29) is 0 Å². The summed E-state index contributed by atoms with van der Waals surface area (Å²) in [5, 5.41) is 0. The van der Waals surface area contributed by atoms with Crippen molar-refractivity contribution in [2.24, 2.45) is 22.6 Å². The van der Waals surface area contributed by atoms with Crippen molar-refractivity contribution in [1.82, 2.24) is 0 Å². The highest BCUT2D eigenvalue weighted by atomic mass is 14.8. The van der Waals surface area contributed by atoms with Crippen LogP contribution in [-0.2, 0) is 0 Å². The van der Waals surface area contributed by atoms with E-state index in [9.17, 15) is 0 Å². The van der Waals surface area contributed by atoms with Crippen LogP contribution in [0.1, 0.15) is 44.6 Å². The van der Waals surface area contributed by atoms with Crippen molar-refractivity contribution in [2.45, 2.75) is 39.0 Å². The molecule has 2 unspecified atom stereocenters. The van der Waals surface area contributed by atoms with Crippen molar-refractivity contribution in [3.63, 3.8) is 0 Å². The molecule has 2 atom stereocenters. The van der Waals surface area contributed by atoms with Crippen molar-refractivity contribution >= 4 is 5.84 Å². The van der Waals surface area contributed by atoms with E-state index >= 15 is 0 Å². The Kier molecular flexibility index (Phi) is 4.80. The van der Waals surface area contributed by atoms with E-state index < -0.39 is 0 Å². The number of hydrogen-bond acceptors (Lipinski definition) is 1. The van der Waals surface area contributed by atoms with Gasteiger partial charge in [0.05, 0.1) is 0 Å². The number of rotatable bonds is 4. The summed E-state index contributed by atoms with van der Waals surface area (Å²) in [4.78, 5) is 4.51. The van der Waals surface area contributed by atoms with E-state index in [1.165, 1.54) is 32.1 Å². The normalized spacial score (nSPS) is 25.1. The minimum atomic E-state index is 0.680. The van der Waals surface area contributed by atoms with Gasteiger partial charge in [0.25, 0.3) is 0 Å². The van der Waals surface area contributed by atoms with E-state index in [1.54, 1.807) is 0 Å². The lowest BCUT2D eigenvalue weighted by atomic mass is 9.81. The predicted octanol–water partition coefficient (Wildman–Crippen LogP) is 3.61. The van der Waals surface area contributed by atoms with Crippen LogP contribution < -0.4 is 5.73 Å². The van der Waals surface area contributed by atoms with Crippen LogP contribution in [0.15, 0.2) is 35.3 Å². The molecule has 0 heterocycles. The van der Waals surface area contributed by atoms with E-state index in [0.29, 0.717) is 5.84 Å². The quantitative estimate of drug-likeness (QED) is 0.637. The Morgan fingerprint density at radius 2 is 2.06 bits per heavy atom. The Hall–Kier alpha value is -1.31. The molecule has 0 saturated heterocycles. The van der Waals surface area contributed by atoms with Gasteiger partial charge in [-0.15, -0.1) is 0 Å². The maximum atomic E-state index is 5.99. The van der Waals surface area contributed by atoms with Crippen molar-refractivity contribution in [2.75, 3.05) is 6.54 Å². The molecule has 1 saturated carbocycles. The third kappa shape index (κ3) is 3.86. The molecule has 0 bridgehead atoms. The van der Waals surface area contributed by atoms with Gasteiger partial charge in [-0.25, -0.2) is 0 Å². The summed E-state index contributed by atoms with van der Waals surface area (Å²) in [5.74, 6) is 2.44. The minimum absolute atomic E-state index is 0.680. The first-order valence-corrected chi connectivity index (χ1v) is 7.11. The Balaban J connectivity index is 1.80. The highest BCUT2D eigenvalue weighted by Crippen LogP contribution is 2.30. The average Bonchev–Trinajstić information content (AvgIpc) is 2.40. The molecular formula is C16H24N2. The molecule has 0 aliphatic heterocycles.